The second kappa shape index (κ2) is 8.24. The smallest absolute Gasteiger partial charge is 0.387 e. The molecule has 0 aliphatic heterocycles. The highest BCUT2D eigenvalue weighted by Crippen LogP contribution is 2.29. The Labute approximate surface area is 138 Å². The largest absolute Gasteiger partial charge is 0.493 e. The predicted octanol–water partition coefficient (Wildman–Crippen LogP) is 2.97. The first kappa shape index (κ1) is 17.7. The Bertz CT molecular complexity index is 691. The van der Waals surface area contributed by atoms with E-state index in [-0.39, 0.29) is 17.4 Å². The lowest BCUT2D eigenvalue weighted by atomic mass is 10.1. The first-order chi connectivity index (χ1) is 11.5. The van der Waals surface area contributed by atoms with Crippen LogP contribution in [0.1, 0.15) is 21.6 Å². The van der Waals surface area contributed by atoms with Gasteiger partial charge in [-0.1, -0.05) is 6.07 Å². The van der Waals surface area contributed by atoms with Gasteiger partial charge in [0.1, 0.15) is 0 Å². The number of pyridine rings is 1. The second-order valence-electron chi connectivity index (χ2n) is 5.06. The summed E-state index contributed by atoms with van der Waals surface area (Å²) in [5.41, 5.74) is 2.15. The van der Waals surface area contributed by atoms with Crippen molar-refractivity contribution in [1.29, 1.82) is 0 Å². The third-order valence-corrected chi connectivity index (χ3v) is 3.32. The van der Waals surface area contributed by atoms with E-state index in [1.165, 1.54) is 19.4 Å². The summed E-state index contributed by atoms with van der Waals surface area (Å²) in [6.45, 7) is -0.673. The van der Waals surface area contributed by atoms with Gasteiger partial charge >= 0.3 is 6.61 Å². The van der Waals surface area contributed by atoms with E-state index in [1.54, 1.807) is 24.3 Å². The Morgan fingerprint density at radius 1 is 1.25 bits per heavy atom. The maximum atomic E-state index is 12.3. The van der Waals surface area contributed by atoms with Crippen molar-refractivity contribution in [1.82, 2.24) is 10.3 Å². The molecule has 0 atom stereocenters. The maximum Gasteiger partial charge on any atom is 0.387 e. The van der Waals surface area contributed by atoms with Crippen molar-refractivity contribution < 1.29 is 23.0 Å². The Kier molecular flexibility index (Phi) is 6.06. The van der Waals surface area contributed by atoms with E-state index in [9.17, 15) is 13.6 Å². The molecule has 0 spiro atoms. The first-order valence-electron chi connectivity index (χ1n) is 7.32. The molecule has 0 unspecified atom stereocenters. The molecule has 1 heterocycles. The highest BCUT2D eigenvalue weighted by atomic mass is 19.3. The van der Waals surface area contributed by atoms with Crippen molar-refractivity contribution in [3.05, 3.63) is 53.3 Å². The average Bonchev–Trinajstić information content (AvgIpc) is 2.56. The number of hydrogen-bond acceptors (Lipinski definition) is 4. The number of nitrogens with zero attached hydrogens (tertiary/aromatic N) is 1. The highest BCUT2D eigenvalue weighted by molar-refractivity contribution is 5.93. The van der Waals surface area contributed by atoms with Gasteiger partial charge in [0.05, 0.1) is 12.7 Å². The summed E-state index contributed by atoms with van der Waals surface area (Å²) < 4.78 is 34.0. The van der Waals surface area contributed by atoms with Crippen molar-refractivity contribution in [3.8, 4) is 11.5 Å². The number of methoxy groups -OCH3 is 1. The molecule has 0 saturated carbocycles. The highest BCUT2D eigenvalue weighted by Gasteiger charge is 2.11. The molecule has 128 valence electrons. The van der Waals surface area contributed by atoms with Gasteiger partial charge in [-0.25, -0.2) is 0 Å². The second-order valence-corrected chi connectivity index (χ2v) is 5.06. The molecular weight excluding hydrogens is 318 g/mol. The van der Waals surface area contributed by atoms with Crippen LogP contribution in [0, 0.1) is 6.92 Å². The maximum absolute atomic E-state index is 12.3. The molecule has 24 heavy (non-hydrogen) atoms. The summed E-state index contributed by atoms with van der Waals surface area (Å²) in [7, 11) is 1.38. The zero-order chi connectivity index (χ0) is 17.5. The molecular formula is C17H18F2N2O3. The van der Waals surface area contributed by atoms with E-state index < -0.39 is 6.61 Å². The fourth-order valence-electron chi connectivity index (χ4n) is 2.09. The van der Waals surface area contributed by atoms with Gasteiger partial charge in [-0.15, -0.1) is 0 Å². The summed E-state index contributed by atoms with van der Waals surface area (Å²) in [4.78, 5) is 16.0. The fraction of sp³-hybridized carbons (Fsp3) is 0.294. The number of aryl methyl sites for hydroxylation is 1. The fourth-order valence-corrected chi connectivity index (χ4v) is 2.09. The van der Waals surface area contributed by atoms with Crippen LogP contribution in [-0.4, -0.2) is 31.2 Å². The summed E-state index contributed by atoms with van der Waals surface area (Å²) in [6.07, 6.45) is 2.04. The molecule has 1 aromatic heterocycles. The molecule has 0 saturated heterocycles. The standard InChI is InChI=1S/C17H18F2N2O3/c1-11-3-5-13(10-21-11)16(22)20-8-7-12-4-6-14(24-17(18)19)15(9-12)23-2/h3-6,9-10,17H,7-8H2,1-2H3,(H,20,22). The van der Waals surface area contributed by atoms with E-state index in [4.69, 9.17) is 4.74 Å². The Morgan fingerprint density at radius 3 is 2.67 bits per heavy atom. The first-order valence-corrected chi connectivity index (χ1v) is 7.32. The third-order valence-electron chi connectivity index (χ3n) is 3.32. The Balaban J connectivity index is 1.92. The van der Waals surface area contributed by atoms with E-state index in [0.717, 1.165) is 11.3 Å². The molecule has 5 nitrogen and oxygen atoms in total. The van der Waals surface area contributed by atoms with Crippen molar-refractivity contribution >= 4 is 5.91 Å². The van der Waals surface area contributed by atoms with Gasteiger partial charge in [0.2, 0.25) is 0 Å². The van der Waals surface area contributed by atoms with E-state index in [0.29, 0.717) is 18.5 Å². The van der Waals surface area contributed by atoms with Gasteiger partial charge in [0, 0.05) is 18.4 Å². The molecule has 0 aliphatic carbocycles. The van der Waals surface area contributed by atoms with Crippen LogP contribution < -0.4 is 14.8 Å². The lowest BCUT2D eigenvalue weighted by molar-refractivity contribution is -0.0512. The molecule has 1 N–H and O–H groups in total. The molecule has 0 radical (unpaired) electrons. The van der Waals surface area contributed by atoms with E-state index in [2.05, 4.69) is 15.0 Å². The van der Waals surface area contributed by atoms with Crippen LogP contribution in [0.4, 0.5) is 8.78 Å². The number of halogens is 2. The summed E-state index contributed by atoms with van der Waals surface area (Å²) in [6, 6.07) is 8.15. The van der Waals surface area contributed by atoms with Crippen LogP contribution in [0.2, 0.25) is 0 Å². The van der Waals surface area contributed by atoms with Crippen LogP contribution in [0.25, 0.3) is 0 Å². The number of alkyl halides is 2. The summed E-state index contributed by atoms with van der Waals surface area (Å²) in [5.74, 6) is -0.0139. The zero-order valence-electron chi connectivity index (χ0n) is 13.4. The zero-order valence-corrected chi connectivity index (χ0v) is 13.4. The summed E-state index contributed by atoms with van der Waals surface area (Å²) in [5, 5.41) is 2.78. The normalized spacial score (nSPS) is 10.5. The van der Waals surface area contributed by atoms with Gasteiger partial charge in [0.25, 0.3) is 5.91 Å². The van der Waals surface area contributed by atoms with Crippen molar-refractivity contribution in [3.63, 3.8) is 0 Å². The number of carbonyl (C=O) groups excluding carboxylic acids is 1. The Hall–Kier alpha value is -2.70. The van der Waals surface area contributed by atoms with Crippen molar-refractivity contribution in [2.45, 2.75) is 20.0 Å². The lowest BCUT2D eigenvalue weighted by Crippen LogP contribution is -2.25. The Morgan fingerprint density at radius 2 is 2.04 bits per heavy atom. The van der Waals surface area contributed by atoms with Crippen molar-refractivity contribution in [2.75, 3.05) is 13.7 Å². The van der Waals surface area contributed by atoms with Gasteiger partial charge in [0.15, 0.2) is 11.5 Å². The number of nitrogens with one attached hydrogen (secondary N) is 1. The minimum atomic E-state index is -2.91. The monoisotopic (exact) mass is 336 g/mol. The molecule has 7 heteroatoms. The molecule has 0 fully saturated rings. The predicted molar refractivity (Wildman–Crippen MR) is 84.6 cm³/mol. The molecule has 1 amide bonds. The molecule has 0 bridgehead atoms. The molecule has 2 aromatic rings. The number of aromatic nitrogens is 1. The minimum absolute atomic E-state index is 0.0222. The molecule has 0 aliphatic rings. The van der Waals surface area contributed by atoms with Gasteiger partial charge in [-0.2, -0.15) is 8.78 Å². The van der Waals surface area contributed by atoms with Crippen molar-refractivity contribution in [2.24, 2.45) is 0 Å². The average molecular weight is 336 g/mol. The van der Waals surface area contributed by atoms with Crippen LogP contribution in [0.15, 0.2) is 36.5 Å². The van der Waals surface area contributed by atoms with E-state index in [1.807, 2.05) is 6.92 Å². The van der Waals surface area contributed by atoms with E-state index >= 15 is 0 Å². The molecule has 2 rings (SSSR count). The number of ether oxygens (including phenoxy) is 2. The van der Waals surface area contributed by atoms with Crippen LogP contribution in [0.3, 0.4) is 0 Å². The quantitative estimate of drug-likeness (QED) is 0.844. The SMILES string of the molecule is COc1cc(CCNC(=O)c2ccc(C)nc2)ccc1OC(F)F. The summed E-state index contributed by atoms with van der Waals surface area (Å²) >= 11 is 0. The number of rotatable bonds is 7. The van der Waals surface area contributed by atoms with Crippen LogP contribution in [0.5, 0.6) is 11.5 Å². The topological polar surface area (TPSA) is 60.5 Å². The van der Waals surface area contributed by atoms with Gasteiger partial charge < -0.3 is 14.8 Å². The molecule has 1 aromatic carbocycles. The van der Waals surface area contributed by atoms with Gasteiger partial charge in [-0.05, 0) is 43.2 Å². The third kappa shape index (κ3) is 4.91. The van der Waals surface area contributed by atoms with Gasteiger partial charge in [-0.3, -0.25) is 9.78 Å². The van der Waals surface area contributed by atoms with Crippen LogP contribution >= 0.6 is 0 Å². The number of amides is 1. The number of benzene rings is 1. The number of carbonyl (C=O) groups is 1. The van der Waals surface area contributed by atoms with Crippen LogP contribution in [-0.2, 0) is 6.42 Å². The minimum Gasteiger partial charge on any atom is -0.493 e. The number of hydrogen-bond donors (Lipinski definition) is 1. The lowest BCUT2D eigenvalue weighted by Gasteiger charge is -2.11.